The van der Waals surface area contributed by atoms with Crippen LogP contribution >= 0.6 is 0 Å². The lowest BCUT2D eigenvalue weighted by Crippen LogP contribution is -2.36. The molecule has 1 N–H and O–H groups in total. The minimum Gasteiger partial charge on any atom is -0.385 e. The fourth-order valence-corrected chi connectivity index (χ4v) is 3.02. The van der Waals surface area contributed by atoms with E-state index >= 15 is 0 Å². The first-order valence-corrected chi connectivity index (χ1v) is 6.90. The van der Waals surface area contributed by atoms with E-state index in [0.29, 0.717) is 26.1 Å². The first kappa shape index (κ1) is 13.4. The maximum Gasteiger partial charge on any atom is 0.221 e. The highest BCUT2D eigenvalue weighted by Crippen LogP contribution is 2.06. The second kappa shape index (κ2) is 6.17. The fourth-order valence-electron chi connectivity index (χ4n) is 1.54. The van der Waals surface area contributed by atoms with Gasteiger partial charge in [0.15, 0.2) is 0 Å². The van der Waals surface area contributed by atoms with Crippen molar-refractivity contribution in [2.45, 2.75) is 12.8 Å². The predicted molar refractivity (Wildman–Crippen MR) is 59.5 cm³/mol. The van der Waals surface area contributed by atoms with Crippen LogP contribution in [0.1, 0.15) is 12.8 Å². The molecule has 0 saturated carbocycles. The van der Waals surface area contributed by atoms with Crippen LogP contribution in [0.4, 0.5) is 0 Å². The van der Waals surface area contributed by atoms with E-state index in [9.17, 15) is 13.2 Å². The van der Waals surface area contributed by atoms with Gasteiger partial charge in [-0.25, -0.2) is 8.42 Å². The molecule has 7 heteroatoms. The lowest BCUT2D eigenvalue weighted by molar-refractivity contribution is -0.120. The van der Waals surface area contributed by atoms with Crippen molar-refractivity contribution >= 4 is 15.9 Å². The Hall–Kier alpha value is -0.660. The summed E-state index contributed by atoms with van der Waals surface area (Å²) >= 11 is 0. The average Bonchev–Trinajstić information content (AvgIpc) is 2.43. The molecular weight excluding hydrogens is 232 g/mol. The number of carbonyl (C=O) groups is 1. The van der Waals surface area contributed by atoms with E-state index in [1.54, 1.807) is 7.11 Å². The molecule has 0 bridgehead atoms. The van der Waals surface area contributed by atoms with Gasteiger partial charge in [0.05, 0.1) is 5.75 Å². The molecule has 1 heterocycles. The molecule has 1 aliphatic heterocycles. The molecule has 0 aromatic carbocycles. The molecule has 0 aromatic heterocycles. The Morgan fingerprint density at radius 2 is 2.19 bits per heavy atom. The molecule has 0 spiro atoms. The number of amides is 1. The largest absolute Gasteiger partial charge is 0.385 e. The standard InChI is InChI=1S/C9H18N2O4S/c1-15-7-2-8-16(13,14)11-5-3-9(12)10-4-6-11/h2-8H2,1H3,(H,10,12). The van der Waals surface area contributed by atoms with Crippen molar-refractivity contribution < 1.29 is 17.9 Å². The number of hydrogen-bond acceptors (Lipinski definition) is 4. The molecule has 6 nitrogen and oxygen atoms in total. The normalized spacial score (nSPS) is 19.2. The molecule has 16 heavy (non-hydrogen) atoms. The SMILES string of the molecule is COCCCS(=O)(=O)N1CCNC(=O)CC1. The average molecular weight is 250 g/mol. The molecule has 0 aromatic rings. The summed E-state index contributed by atoms with van der Waals surface area (Å²) in [5.41, 5.74) is 0. The third kappa shape index (κ3) is 4.07. The van der Waals surface area contributed by atoms with Crippen LogP contribution < -0.4 is 5.32 Å². The molecular formula is C9H18N2O4S. The van der Waals surface area contributed by atoms with Gasteiger partial charge in [-0.1, -0.05) is 0 Å². The predicted octanol–water partition coefficient (Wildman–Crippen LogP) is -0.825. The van der Waals surface area contributed by atoms with Crippen LogP contribution in [0, 0.1) is 0 Å². The molecule has 1 aliphatic rings. The van der Waals surface area contributed by atoms with Gasteiger partial charge in [0.25, 0.3) is 0 Å². The Labute approximate surface area is 96.0 Å². The number of ether oxygens (including phenoxy) is 1. The van der Waals surface area contributed by atoms with Gasteiger partial charge >= 0.3 is 0 Å². The zero-order chi connectivity index (χ0) is 12.0. The van der Waals surface area contributed by atoms with Gasteiger partial charge in [0.1, 0.15) is 0 Å². The fraction of sp³-hybridized carbons (Fsp3) is 0.889. The summed E-state index contributed by atoms with van der Waals surface area (Å²) in [6, 6.07) is 0. The summed E-state index contributed by atoms with van der Waals surface area (Å²) in [7, 11) is -1.70. The number of methoxy groups -OCH3 is 1. The van der Waals surface area contributed by atoms with Crippen LogP contribution in [0.25, 0.3) is 0 Å². The van der Waals surface area contributed by atoms with Crippen LogP contribution in [0.3, 0.4) is 0 Å². The number of rotatable bonds is 5. The summed E-state index contributed by atoms with van der Waals surface area (Å²) in [6.45, 7) is 1.47. The van der Waals surface area contributed by atoms with Crippen molar-refractivity contribution in [1.29, 1.82) is 0 Å². The topological polar surface area (TPSA) is 75.7 Å². The van der Waals surface area contributed by atoms with Gasteiger partial charge in [0.2, 0.25) is 15.9 Å². The molecule has 0 radical (unpaired) electrons. The van der Waals surface area contributed by atoms with Gasteiger partial charge in [-0.3, -0.25) is 4.79 Å². The van der Waals surface area contributed by atoms with Gasteiger partial charge in [-0.15, -0.1) is 0 Å². The zero-order valence-corrected chi connectivity index (χ0v) is 10.3. The first-order chi connectivity index (χ1) is 7.56. The number of carbonyl (C=O) groups excluding carboxylic acids is 1. The molecule has 1 amide bonds. The third-order valence-electron chi connectivity index (χ3n) is 2.42. The van der Waals surface area contributed by atoms with Crippen molar-refractivity contribution in [2.24, 2.45) is 0 Å². The van der Waals surface area contributed by atoms with Crippen molar-refractivity contribution in [2.75, 3.05) is 39.1 Å². The Kier molecular flexibility index (Phi) is 5.17. The molecule has 1 rings (SSSR count). The second-order valence-corrected chi connectivity index (χ2v) is 5.75. The van der Waals surface area contributed by atoms with Crippen molar-refractivity contribution in [3.8, 4) is 0 Å². The monoisotopic (exact) mass is 250 g/mol. The van der Waals surface area contributed by atoms with Gasteiger partial charge < -0.3 is 10.1 Å². The smallest absolute Gasteiger partial charge is 0.221 e. The Balaban J connectivity index is 2.50. The van der Waals surface area contributed by atoms with Gasteiger partial charge in [0, 0.05) is 39.8 Å². The zero-order valence-electron chi connectivity index (χ0n) is 9.44. The summed E-state index contributed by atoms with van der Waals surface area (Å²) in [6.07, 6.45) is 0.722. The van der Waals surface area contributed by atoms with E-state index in [1.165, 1.54) is 4.31 Å². The summed E-state index contributed by atoms with van der Waals surface area (Å²) < 4.78 is 29.9. The molecule has 94 valence electrons. The van der Waals surface area contributed by atoms with E-state index in [-0.39, 0.29) is 24.6 Å². The quantitative estimate of drug-likeness (QED) is 0.647. The van der Waals surface area contributed by atoms with Crippen molar-refractivity contribution in [3.63, 3.8) is 0 Å². The summed E-state index contributed by atoms with van der Waals surface area (Å²) in [5.74, 6) is -0.00994. The lowest BCUT2D eigenvalue weighted by atomic mass is 10.4. The molecule has 0 aliphatic carbocycles. The number of hydrogen-bond donors (Lipinski definition) is 1. The van der Waals surface area contributed by atoms with E-state index < -0.39 is 10.0 Å². The number of nitrogens with one attached hydrogen (secondary N) is 1. The number of nitrogens with zero attached hydrogens (tertiary/aromatic N) is 1. The van der Waals surface area contributed by atoms with E-state index in [4.69, 9.17) is 4.74 Å². The number of sulfonamides is 1. The maximum atomic E-state index is 11.9. The maximum absolute atomic E-state index is 11.9. The van der Waals surface area contributed by atoms with Gasteiger partial charge in [-0.2, -0.15) is 4.31 Å². The lowest BCUT2D eigenvalue weighted by Gasteiger charge is -2.18. The summed E-state index contributed by atoms with van der Waals surface area (Å²) in [5, 5.41) is 2.64. The second-order valence-electron chi connectivity index (χ2n) is 3.66. The van der Waals surface area contributed by atoms with E-state index in [1.807, 2.05) is 0 Å². The Bertz CT molecular complexity index is 328. The first-order valence-electron chi connectivity index (χ1n) is 5.30. The van der Waals surface area contributed by atoms with Crippen molar-refractivity contribution in [3.05, 3.63) is 0 Å². The Morgan fingerprint density at radius 3 is 2.88 bits per heavy atom. The van der Waals surface area contributed by atoms with E-state index in [2.05, 4.69) is 5.32 Å². The minimum atomic E-state index is -3.24. The Morgan fingerprint density at radius 1 is 1.44 bits per heavy atom. The molecule has 1 fully saturated rings. The van der Waals surface area contributed by atoms with Crippen LogP contribution in [0.2, 0.25) is 0 Å². The van der Waals surface area contributed by atoms with Crippen LogP contribution in [0.15, 0.2) is 0 Å². The third-order valence-corrected chi connectivity index (χ3v) is 4.37. The highest BCUT2D eigenvalue weighted by molar-refractivity contribution is 7.89. The van der Waals surface area contributed by atoms with Crippen molar-refractivity contribution in [1.82, 2.24) is 9.62 Å². The highest BCUT2D eigenvalue weighted by Gasteiger charge is 2.24. The molecule has 0 atom stereocenters. The van der Waals surface area contributed by atoms with E-state index in [0.717, 1.165) is 0 Å². The van der Waals surface area contributed by atoms with Gasteiger partial charge in [-0.05, 0) is 6.42 Å². The van der Waals surface area contributed by atoms with Crippen LogP contribution in [-0.2, 0) is 19.6 Å². The van der Waals surface area contributed by atoms with Crippen LogP contribution in [-0.4, -0.2) is 57.7 Å². The summed E-state index contributed by atoms with van der Waals surface area (Å²) in [4.78, 5) is 11.1. The minimum absolute atomic E-state index is 0.0784. The highest BCUT2D eigenvalue weighted by atomic mass is 32.2. The molecule has 0 unspecified atom stereocenters. The molecule has 1 saturated heterocycles. The van der Waals surface area contributed by atoms with Crippen LogP contribution in [0.5, 0.6) is 0 Å².